The van der Waals surface area contributed by atoms with Gasteiger partial charge in [0.05, 0.1) is 26.5 Å². The van der Waals surface area contributed by atoms with Crippen LogP contribution in [0.1, 0.15) is 12.0 Å². The Balaban J connectivity index is 1.84. The van der Waals surface area contributed by atoms with Crippen molar-refractivity contribution >= 4 is 29.7 Å². The van der Waals surface area contributed by atoms with Crippen molar-refractivity contribution in [3.05, 3.63) is 54.4 Å². The average molecular weight is 431 g/mol. The Morgan fingerprint density at radius 3 is 2.44 bits per heavy atom. The van der Waals surface area contributed by atoms with Crippen molar-refractivity contribution in [2.75, 3.05) is 11.5 Å². The minimum absolute atomic E-state index is 0.00796. The van der Waals surface area contributed by atoms with Crippen LogP contribution in [0.4, 0.5) is 0 Å². The largest absolute Gasteiger partial charge is 0.264 e. The Morgan fingerprint density at radius 1 is 1.07 bits per heavy atom. The van der Waals surface area contributed by atoms with Crippen LogP contribution in [0.2, 0.25) is 0 Å². The van der Waals surface area contributed by atoms with Gasteiger partial charge in [-0.15, -0.1) is 0 Å². The molecular formula is C16H18N2O6S3. The number of benzene rings is 1. The molecule has 0 aliphatic carbocycles. The van der Waals surface area contributed by atoms with Crippen molar-refractivity contribution in [3.8, 4) is 0 Å². The number of rotatable bonds is 6. The summed E-state index contributed by atoms with van der Waals surface area (Å²) in [5.74, 6) is -0.618. The molecule has 1 aliphatic rings. The van der Waals surface area contributed by atoms with E-state index in [0.29, 0.717) is 5.56 Å². The Morgan fingerprint density at radius 2 is 1.81 bits per heavy atom. The summed E-state index contributed by atoms with van der Waals surface area (Å²) in [6.07, 6.45) is 3.10. The van der Waals surface area contributed by atoms with Crippen LogP contribution in [0.5, 0.6) is 0 Å². The maximum Gasteiger partial charge on any atom is 0.240 e. The zero-order valence-electron chi connectivity index (χ0n) is 14.1. The van der Waals surface area contributed by atoms with Gasteiger partial charge >= 0.3 is 0 Å². The molecule has 1 aromatic heterocycles. The molecule has 27 heavy (non-hydrogen) atoms. The number of pyridine rings is 1. The standard InChI is InChI=1S/C16H18N2O6S3/c19-25(20)8-6-16(12-25)26(21,22)14-4-1-5-15(9-14)27(23,24)18-11-13-3-2-7-17-10-13/h1-5,7,9-10,16,18H,6,8,11-12H2. The van der Waals surface area contributed by atoms with E-state index in [0.717, 1.165) is 6.07 Å². The summed E-state index contributed by atoms with van der Waals surface area (Å²) >= 11 is 0. The van der Waals surface area contributed by atoms with E-state index >= 15 is 0 Å². The summed E-state index contributed by atoms with van der Waals surface area (Å²) in [5, 5.41) is -1.05. The molecule has 11 heteroatoms. The Hall–Kier alpha value is -1.82. The van der Waals surface area contributed by atoms with Gasteiger partial charge in [0.2, 0.25) is 10.0 Å². The van der Waals surface area contributed by atoms with Crippen LogP contribution < -0.4 is 4.72 Å². The fourth-order valence-corrected chi connectivity index (χ4v) is 8.32. The van der Waals surface area contributed by atoms with E-state index in [4.69, 9.17) is 0 Å². The highest BCUT2D eigenvalue weighted by molar-refractivity contribution is 7.96. The van der Waals surface area contributed by atoms with Crippen molar-refractivity contribution in [1.29, 1.82) is 0 Å². The number of nitrogens with one attached hydrogen (secondary N) is 1. The van der Waals surface area contributed by atoms with Crippen molar-refractivity contribution in [2.24, 2.45) is 0 Å². The van der Waals surface area contributed by atoms with E-state index in [1.807, 2.05) is 0 Å². The van der Waals surface area contributed by atoms with Crippen LogP contribution in [-0.4, -0.2) is 47.0 Å². The highest BCUT2D eigenvalue weighted by Crippen LogP contribution is 2.26. The molecule has 0 amide bonds. The maximum absolute atomic E-state index is 12.7. The first-order chi connectivity index (χ1) is 12.6. The average Bonchev–Trinajstić information content (AvgIpc) is 3.02. The summed E-state index contributed by atoms with van der Waals surface area (Å²) in [4.78, 5) is 3.50. The molecule has 1 aromatic carbocycles. The van der Waals surface area contributed by atoms with Gasteiger partial charge in [0, 0.05) is 18.9 Å². The van der Waals surface area contributed by atoms with E-state index < -0.39 is 40.7 Å². The Kier molecular flexibility index (Phi) is 5.39. The number of sulfone groups is 2. The van der Waals surface area contributed by atoms with Crippen LogP contribution >= 0.6 is 0 Å². The molecule has 3 rings (SSSR count). The van der Waals surface area contributed by atoms with E-state index in [9.17, 15) is 25.3 Å². The normalized spacial score (nSPS) is 19.8. The van der Waals surface area contributed by atoms with Crippen molar-refractivity contribution in [2.45, 2.75) is 28.0 Å². The molecule has 1 unspecified atom stereocenters. The minimum atomic E-state index is -3.95. The van der Waals surface area contributed by atoms with Gasteiger partial charge in [-0.3, -0.25) is 4.98 Å². The van der Waals surface area contributed by atoms with Crippen LogP contribution in [0.25, 0.3) is 0 Å². The lowest BCUT2D eigenvalue weighted by Gasteiger charge is -2.12. The molecule has 0 spiro atoms. The predicted molar refractivity (Wildman–Crippen MR) is 98.9 cm³/mol. The Bertz CT molecular complexity index is 1140. The number of nitrogens with zero attached hydrogens (tertiary/aromatic N) is 1. The summed E-state index contributed by atoms with van der Waals surface area (Å²) in [7, 11) is -11.3. The third-order valence-corrected chi connectivity index (χ3v) is 9.83. The highest BCUT2D eigenvalue weighted by atomic mass is 32.2. The summed E-state index contributed by atoms with van der Waals surface area (Å²) in [6.45, 7) is 0.00796. The second kappa shape index (κ2) is 7.30. The third kappa shape index (κ3) is 4.54. The fraction of sp³-hybridized carbons (Fsp3) is 0.312. The molecule has 1 aliphatic heterocycles. The lowest BCUT2D eigenvalue weighted by Crippen LogP contribution is -2.25. The van der Waals surface area contributed by atoms with Crippen molar-refractivity contribution in [3.63, 3.8) is 0 Å². The second-order valence-corrected chi connectivity index (χ2v) is 12.5. The topological polar surface area (TPSA) is 127 Å². The van der Waals surface area contributed by atoms with Gasteiger partial charge in [-0.2, -0.15) is 0 Å². The molecule has 1 saturated heterocycles. The SMILES string of the molecule is O=S1(=O)CCC(S(=O)(=O)c2cccc(S(=O)(=O)NCc3cccnc3)c2)C1. The number of aromatic nitrogens is 1. The Labute approximate surface area is 158 Å². The quantitative estimate of drug-likeness (QED) is 0.708. The summed E-state index contributed by atoms with van der Waals surface area (Å²) < 4.78 is 75.9. The van der Waals surface area contributed by atoms with Crippen molar-refractivity contribution < 1.29 is 25.3 Å². The van der Waals surface area contributed by atoms with Gasteiger partial charge in [-0.05, 0) is 36.2 Å². The van der Waals surface area contributed by atoms with Crippen LogP contribution in [-0.2, 0) is 36.2 Å². The molecule has 1 N–H and O–H groups in total. The van der Waals surface area contributed by atoms with E-state index in [1.165, 1.54) is 24.4 Å². The third-order valence-electron chi connectivity index (χ3n) is 4.26. The number of hydrogen-bond donors (Lipinski definition) is 1. The molecule has 0 radical (unpaired) electrons. The lowest BCUT2D eigenvalue weighted by atomic mass is 10.3. The minimum Gasteiger partial charge on any atom is -0.264 e. The van der Waals surface area contributed by atoms with E-state index in [2.05, 4.69) is 9.71 Å². The van der Waals surface area contributed by atoms with E-state index in [1.54, 1.807) is 18.3 Å². The molecule has 146 valence electrons. The number of sulfonamides is 1. The first-order valence-electron chi connectivity index (χ1n) is 8.03. The van der Waals surface area contributed by atoms with Gasteiger partial charge < -0.3 is 0 Å². The highest BCUT2D eigenvalue weighted by Gasteiger charge is 2.38. The molecule has 1 fully saturated rings. The van der Waals surface area contributed by atoms with Crippen LogP contribution in [0.15, 0.2) is 58.6 Å². The van der Waals surface area contributed by atoms with Gasteiger partial charge in [-0.1, -0.05) is 12.1 Å². The lowest BCUT2D eigenvalue weighted by molar-refractivity contribution is 0.579. The molecular weight excluding hydrogens is 412 g/mol. The first kappa shape index (κ1) is 19.9. The number of hydrogen-bond acceptors (Lipinski definition) is 7. The molecule has 0 saturated carbocycles. The predicted octanol–water partition coefficient (Wildman–Crippen LogP) is 0.521. The summed E-state index contributed by atoms with van der Waals surface area (Å²) in [6, 6.07) is 8.33. The van der Waals surface area contributed by atoms with Crippen LogP contribution in [0.3, 0.4) is 0 Å². The molecule has 0 bridgehead atoms. The monoisotopic (exact) mass is 430 g/mol. The maximum atomic E-state index is 12.7. The van der Waals surface area contributed by atoms with Gasteiger partial charge in [0.1, 0.15) is 0 Å². The van der Waals surface area contributed by atoms with Gasteiger partial charge in [0.25, 0.3) is 0 Å². The van der Waals surface area contributed by atoms with Crippen LogP contribution in [0, 0.1) is 0 Å². The zero-order chi connectivity index (χ0) is 19.7. The smallest absolute Gasteiger partial charge is 0.240 e. The van der Waals surface area contributed by atoms with Gasteiger partial charge in [-0.25, -0.2) is 30.0 Å². The molecule has 8 nitrogen and oxygen atoms in total. The first-order valence-corrected chi connectivity index (χ1v) is 12.9. The molecule has 2 heterocycles. The second-order valence-electron chi connectivity index (χ2n) is 6.23. The van der Waals surface area contributed by atoms with Gasteiger partial charge in [0.15, 0.2) is 19.7 Å². The summed E-state index contributed by atoms with van der Waals surface area (Å²) in [5.41, 5.74) is 0.654. The fourth-order valence-electron chi connectivity index (χ4n) is 2.78. The van der Waals surface area contributed by atoms with E-state index in [-0.39, 0.29) is 28.5 Å². The van der Waals surface area contributed by atoms with Crippen molar-refractivity contribution in [1.82, 2.24) is 9.71 Å². The zero-order valence-corrected chi connectivity index (χ0v) is 16.6. The molecule has 1 atom stereocenters. The molecule has 2 aromatic rings.